The van der Waals surface area contributed by atoms with E-state index < -0.39 is 0 Å². The first-order valence-corrected chi connectivity index (χ1v) is 5.79. The quantitative estimate of drug-likeness (QED) is 0.582. The largest absolute Gasteiger partial charge is 0.329 e. The second-order valence-electron chi connectivity index (χ2n) is 3.30. The molecule has 2 heteroatoms. The molecule has 0 saturated heterocycles. The predicted molar refractivity (Wildman–Crippen MR) is 60.2 cm³/mol. The third-order valence-corrected chi connectivity index (χ3v) is 3.14. The molecule has 0 saturated carbocycles. The molecule has 0 bridgehead atoms. The summed E-state index contributed by atoms with van der Waals surface area (Å²) in [6.07, 6.45) is 5.32. The van der Waals surface area contributed by atoms with Gasteiger partial charge in [-0.25, -0.2) is 0 Å². The predicted octanol–water partition coefficient (Wildman–Crippen LogP) is 2.97. The van der Waals surface area contributed by atoms with Gasteiger partial charge in [0.25, 0.3) is 0 Å². The number of rotatable bonds is 6. The maximum absolute atomic E-state index is 5.52. The minimum absolute atomic E-state index is 0.687. The lowest BCUT2D eigenvalue weighted by Gasteiger charge is -2.11. The molecule has 0 aromatic rings. The van der Waals surface area contributed by atoms with E-state index in [0.29, 0.717) is 3.92 Å². The smallest absolute Gasteiger partial charge is 0.0232 e. The lowest BCUT2D eigenvalue weighted by atomic mass is 9.99. The van der Waals surface area contributed by atoms with E-state index in [1.54, 1.807) is 0 Å². The van der Waals surface area contributed by atoms with Crippen LogP contribution >= 0.6 is 22.6 Å². The van der Waals surface area contributed by atoms with Gasteiger partial charge in [0.05, 0.1) is 0 Å². The van der Waals surface area contributed by atoms with Crippen LogP contribution in [0.5, 0.6) is 0 Å². The third kappa shape index (κ3) is 7.06. The monoisotopic (exact) mass is 269 g/mol. The Morgan fingerprint density at radius 1 is 1.27 bits per heavy atom. The van der Waals surface area contributed by atoms with Crippen molar-refractivity contribution in [3.8, 4) is 0 Å². The van der Waals surface area contributed by atoms with Crippen molar-refractivity contribution < 1.29 is 0 Å². The fraction of sp³-hybridized carbons (Fsp3) is 1.00. The highest BCUT2D eigenvalue weighted by Gasteiger charge is 2.04. The van der Waals surface area contributed by atoms with Gasteiger partial charge in [-0.3, -0.25) is 0 Å². The SMILES string of the molecule is CCC[C@@H](C)CCC(I)CN. The molecule has 0 amide bonds. The van der Waals surface area contributed by atoms with E-state index in [0.717, 1.165) is 12.5 Å². The number of hydrogen-bond acceptors (Lipinski definition) is 1. The van der Waals surface area contributed by atoms with Gasteiger partial charge in [0.1, 0.15) is 0 Å². The Hall–Kier alpha value is 0.690. The lowest BCUT2D eigenvalue weighted by Crippen LogP contribution is -2.14. The van der Waals surface area contributed by atoms with E-state index in [4.69, 9.17) is 5.73 Å². The summed E-state index contributed by atoms with van der Waals surface area (Å²) < 4.78 is 0.687. The molecule has 1 nitrogen and oxygen atoms in total. The van der Waals surface area contributed by atoms with Gasteiger partial charge in [-0.05, 0) is 18.8 Å². The molecule has 1 unspecified atom stereocenters. The zero-order chi connectivity index (χ0) is 8.69. The van der Waals surface area contributed by atoms with Gasteiger partial charge in [-0.1, -0.05) is 49.3 Å². The number of hydrogen-bond donors (Lipinski definition) is 1. The Kier molecular flexibility index (Phi) is 7.81. The highest BCUT2D eigenvalue weighted by atomic mass is 127. The van der Waals surface area contributed by atoms with Crippen LogP contribution in [0.25, 0.3) is 0 Å². The first-order chi connectivity index (χ1) is 5.20. The molecule has 0 aliphatic carbocycles. The Balaban J connectivity index is 3.22. The Bertz CT molecular complexity index is 85.6. The van der Waals surface area contributed by atoms with Crippen LogP contribution in [0.3, 0.4) is 0 Å². The number of alkyl halides is 1. The molecule has 0 spiro atoms. The molecule has 11 heavy (non-hydrogen) atoms. The Morgan fingerprint density at radius 2 is 1.91 bits per heavy atom. The lowest BCUT2D eigenvalue weighted by molar-refractivity contribution is 0.469. The first kappa shape index (κ1) is 11.7. The molecule has 0 radical (unpaired) electrons. The van der Waals surface area contributed by atoms with Gasteiger partial charge >= 0.3 is 0 Å². The fourth-order valence-electron chi connectivity index (χ4n) is 1.22. The maximum atomic E-state index is 5.52. The summed E-state index contributed by atoms with van der Waals surface area (Å²) in [5.74, 6) is 0.892. The highest BCUT2D eigenvalue weighted by Crippen LogP contribution is 2.16. The minimum Gasteiger partial charge on any atom is -0.329 e. The van der Waals surface area contributed by atoms with Crippen molar-refractivity contribution in [2.75, 3.05) is 6.54 Å². The van der Waals surface area contributed by atoms with Gasteiger partial charge < -0.3 is 5.73 Å². The van der Waals surface area contributed by atoms with Gasteiger partial charge in [0, 0.05) is 10.5 Å². The third-order valence-electron chi connectivity index (χ3n) is 2.01. The van der Waals surface area contributed by atoms with Crippen LogP contribution in [0.4, 0.5) is 0 Å². The summed E-state index contributed by atoms with van der Waals surface area (Å²) in [5, 5.41) is 0. The molecule has 2 N–H and O–H groups in total. The van der Waals surface area contributed by atoms with Crippen molar-refractivity contribution in [2.45, 2.75) is 43.5 Å². The number of nitrogens with two attached hydrogens (primary N) is 1. The van der Waals surface area contributed by atoms with E-state index in [9.17, 15) is 0 Å². The molecule has 0 aromatic heterocycles. The van der Waals surface area contributed by atoms with E-state index in [1.807, 2.05) is 0 Å². The van der Waals surface area contributed by atoms with Crippen molar-refractivity contribution in [2.24, 2.45) is 11.7 Å². The Morgan fingerprint density at radius 3 is 2.36 bits per heavy atom. The van der Waals surface area contributed by atoms with E-state index in [1.165, 1.54) is 25.7 Å². The highest BCUT2D eigenvalue weighted by molar-refractivity contribution is 14.1. The van der Waals surface area contributed by atoms with Crippen LogP contribution in [0.15, 0.2) is 0 Å². The zero-order valence-corrected chi connectivity index (χ0v) is 9.80. The van der Waals surface area contributed by atoms with Gasteiger partial charge in [-0.15, -0.1) is 0 Å². The molecule has 0 aromatic carbocycles. The van der Waals surface area contributed by atoms with E-state index in [2.05, 4.69) is 36.4 Å². The first-order valence-electron chi connectivity index (χ1n) is 4.54. The zero-order valence-electron chi connectivity index (χ0n) is 7.65. The van der Waals surface area contributed by atoms with Crippen LogP contribution in [-0.4, -0.2) is 10.5 Å². The summed E-state index contributed by atoms with van der Waals surface area (Å²) in [6.45, 7) is 5.42. The van der Waals surface area contributed by atoms with Crippen molar-refractivity contribution in [1.82, 2.24) is 0 Å². The second kappa shape index (κ2) is 7.35. The summed E-state index contributed by atoms with van der Waals surface area (Å²) >= 11 is 2.44. The molecular weight excluding hydrogens is 249 g/mol. The van der Waals surface area contributed by atoms with Crippen molar-refractivity contribution in [1.29, 1.82) is 0 Å². The molecule has 0 fully saturated rings. The standard InChI is InChI=1S/C9H20IN/c1-3-4-8(2)5-6-9(10)7-11/h8-9H,3-7,11H2,1-2H3/t8-,9?/m1/s1. The van der Waals surface area contributed by atoms with Gasteiger partial charge in [-0.2, -0.15) is 0 Å². The second-order valence-corrected chi connectivity index (χ2v) is 5.07. The maximum Gasteiger partial charge on any atom is 0.0232 e. The van der Waals surface area contributed by atoms with Crippen molar-refractivity contribution >= 4 is 22.6 Å². The average molecular weight is 269 g/mol. The van der Waals surface area contributed by atoms with Crippen LogP contribution in [-0.2, 0) is 0 Å². The molecule has 0 aliphatic heterocycles. The summed E-state index contributed by atoms with van der Waals surface area (Å²) in [4.78, 5) is 0. The van der Waals surface area contributed by atoms with Crippen molar-refractivity contribution in [3.05, 3.63) is 0 Å². The Labute approximate surface area is 84.3 Å². The normalized spacial score (nSPS) is 16.4. The molecule has 0 rings (SSSR count). The van der Waals surface area contributed by atoms with Gasteiger partial charge in [0.15, 0.2) is 0 Å². The molecule has 0 aliphatic rings. The van der Waals surface area contributed by atoms with Gasteiger partial charge in [0.2, 0.25) is 0 Å². The minimum atomic E-state index is 0.687. The topological polar surface area (TPSA) is 26.0 Å². The van der Waals surface area contributed by atoms with Crippen molar-refractivity contribution in [3.63, 3.8) is 0 Å². The van der Waals surface area contributed by atoms with Crippen LogP contribution < -0.4 is 5.73 Å². The van der Waals surface area contributed by atoms with Crippen LogP contribution in [0.2, 0.25) is 0 Å². The fourth-order valence-corrected chi connectivity index (χ4v) is 1.58. The molecular formula is C9H20IN. The number of halogens is 1. The van der Waals surface area contributed by atoms with E-state index in [-0.39, 0.29) is 0 Å². The molecule has 68 valence electrons. The molecule has 2 atom stereocenters. The van der Waals surface area contributed by atoms with Crippen LogP contribution in [0, 0.1) is 5.92 Å². The summed E-state index contributed by atoms with van der Waals surface area (Å²) in [6, 6.07) is 0. The summed E-state index contributed by atoms with van der Waals surface area (Å²) in [5.41, 5.74) is 5.52. The van der Waals surface area contributed by atoms with Crippen LogP contribution in [0.1, 0.15) is 39.5 Å². The average Bonchev–Trinajstić information content (AvgIpc) is 2.01. The van der Waals surface area contributed by atoms with E-state index >= 15 is 0 Å². The summed E-state index contributed by atoms with van der Waals surface area (Å²) in [7, 11) is 0. The molecule has 0 heterocycles.